The Labute approximate surface area is 94.5 Å². The van der Waals surface area contributed by atoms with Crippen molar-refractivity contribution in [1.29, 1.82) is 0 Å². The maximum atomic E-state index is 11.7. The zero-order chi connectivity index (χ0) is 11.8. The first-order valence-corrected chi connectivity index (χ1v) is 5.07. The summed E-state index contributed by atoms with van der Waals surface area (Å²) in [7, 11) is 0. The molecule has 0 saturated carbocycles. The minimum Gasteiger partial charge on any atom is -0.405 e. The van der Waals surface area contributed by atoms with E-state index in [9.17, 15) is 4.79 Å². The third kappa shape index (κ3) is 1.54. The van der Waals surface area contributed by atoms with Crippen LogP contribution in [0, 0.1) is 0 Å². The fourth-order valence-corrected chi connectivity index (χ4v) is 1.43. The highest BCUT2D eigenvalue weighted by molar-refractivity contribution is 6.08. The number of esters is 1. The van der Waals surface area contributed by atoms with Crippen LogP contribution in [0.2, 0.25) is 0 Å². The largest absolute Gasteiger partial charge is 0.405 e. The lowest BCUT2D eigenvalue weighted by atomic mass is 9.96. The van der Waals surface area contributed by atoms with Gasteiger partial charge in [0.05, 0.1) is 0 Å². The fourth-order valence-electron chi connectivity index (χ4n) is 1.43. The monoisotopic (exact) mass is 215 g/mol. The van der Waals surface area contributed by atoms with Crippen LogP contribution >= 0.6 is 0 Å². The molecule has 0 N–H and O–H groups in total. The summed E-state index contributed by atoms with van der Waals surface area (Å²) in [6.45, 7) is 7.27. The zero-order valence-corrected chi connectivity index (χ0v) is 9.36. The first-order chi connectivity index (χ1) is 7.54. The van der Waals surface area contributed by atoms with Gasteiger partial charge in [-0.25, -0.2) is 9.79 Å². The van der Waals surface area contributed by atoms with E-state index >= 15 is 0 Å². The molecular formula is C13H13NO2. The zero-order valence-electron chi connectivity index (χ0n) is 9.36. The average molecular weight is 215 g/mol. The van der Waals surface area contributed by atoms with Gasteiger partial charge in [-0.1, -0.05) is 24.8 Å². The van der Waals surface area contributed by atoms with Crippen LogP contribution < -0.4 is 0 Å². The molecule has 0 spiro atoms. The van der Waals surface area contributed by atoms with Crippen molar-refractivity contribution in [3.8, 4) is 0 Å². The number of nitrogens with zero attached hydrogens (tertiary/aromatic N) is 1. The predicted molar refractivity (Wildman–Crippen MR) is 62.3 cm³/mol. The number of cyclic esters (lactones) is 1. The Morgan fingerprint density at radius 3 is 2.50 bits per heavy atom. The van der Waals surface area contributed by atoms with Crippen molar-refractivity contribution in [3.63, 3.8) is 0 Å². The molecule has 1 aliphatic rings. The topological polar surface area (TPSA) is 38.7 Å². The summed E-state index contributed by atoms with van der Waals surface area (Å²) in [5.74, 6) is 0.00922. The molecule has 3 nitrogen and oxygen atoms in total. The Hall–Kier alpha value is -1.90. The number of aliphatic imine (C=N–C) groups is 1. The van der Waals surface area contributed by atoms with E-state index in [1.165, 1.54) is 0 Å². The minimum absolute atomic E-state index is 0.362. The molecular weight excluding hydrogens is 202 g/mol. The van der Waals surface area contributed by atoms with Crippen molar-refractivity contribution in [2.24, 2.45) is 4.99 Å². The Balaban J connectivity index is 2.41. The van der Waals surface area contributed by atoms with Gasteiger partial charge in [0.25, 0.3) is 0 Å². The fraction of sp³-hybridized carbons (Fsp3) is 0.231. The minimum atomic E-state index is -0.939. The quantitative estimate of drug-likeness (QED) is 0.561. The van der Waals surface area contributed by atoms with E-state index in [-0.39, 0.29) is 5.97 Å². The molecule has 82 valence electrons. The molecule has 0 bridgehead atoms. The molecule has 0 aromatic heterocycles. The number of carbonyl (C=O) groups is 1. The van der Waals surface area contributed by atoms with Crippen LogP contribution in [0.3, 0.4) is 0 Å². The van der Waals surface area contributed by atoms with Gasteiger partial charge in [-0.15, -0.1) is 0 Å². The van der Waals surface area contributed by atoms with Crippen LogP contribution in [0.15, 0.2) is 47.5 Å². The van der Waals surface area contributed by atoms with Crippen molar-refractivity contribution in [3.05, 3.63) is 48.0 Å². The van der Waals surface area contributed by atoms with E-state index in [1.807, 2.05) is 30.3 Å². The van der Waals surface area contributed by atoms with Gasteiger partial charge in [-0.2, -0.15) is 0 Å². The summed E-state index contributed by atoms with van der Waals surface area (Å²) < 4.78 is 5.17. The maximum absolute atomic E-state index is 11.7. The second-order valence-corrected chi connectivity index (χ2v) is 4.03. The van der Waals surface area contributed by atoms with Gasteiger partial charge < -0.3 is 4.74 Å². The van der Waals surface area contributed by atoms with E-state index in [4.69, 9.17) is 4.74 Å². The number of benzene rings is 1. The van der Waals surface area contributed by atoms with Crippen LogP contribution in [-0.2, 0) is 9.53 Å². The van der Waals surface area contributed by atoms with Gasteiger partial charge in [0.2, 0.25) is 5.90 Å². The van der Waals surface area contributed by atoms with Crippen LogP contribution in [0.25, 0.3) is 0 Å². The predicted octanol–water partition coefficient (Wildman–Crippen LogP) is 2.32. The smallest absolute Gasteiger partial charge is 0.344 e. The average Bonchev–Trinajstić information content (AvgIpc) is 2.58. The lowest BCUT2D eigenvalue weighted by molar-refractivity contribution is -0.137. The molecule has 1 heterocycles. The van der Waals surface area contributed by atoms with Crippen LogP contribution in [0.5, 0.6) is 0 Å². The molecule has 3 heteroatoms. The molecule has 1 unspecified atom stereocenters. The molecule has 1 aromatic carbocycles. The van der Waals surface area contributed by atoms with E-state index in [2.05, 4.69) is 11.6 Å². The summed E-state index contributed by atoms with van der Waals surface area (Å²) >= 11 is 0. The summed E-state index contributed by atoms with van der Waals surface area (Å²) in [6.07, 6.45) is 0. The normalized spacial score (nSPS) is 23.9. The van der Waals surface area contributed by atoms with E-state index in [1.54, 1.807) is 13.8 Å². The van der Waals surface area contributed by atoms with Gasteiger partial charge in [0.15, 0.2) is 5.54 Å². The Kier molecular flexibility index (Phi) is 2.38. The number of hydrogen-bond acceptors (Lipinski definition) is 3. The van der Waals surface area contributed by atoms with Crippen LogP contribution in [-0.4, -0.2) is 17.4 Å². The Morgan fingerprint density at radius 2 is 2.00 bits per heavy atom. The van der Waals surface area contributed by atoms with Gasteiger partial charge in [0.1, 0.15) is 0 Å². The lowest BCUT2D eigenvalue weighted by Crippen LogP contribution is -2.30. The highest BCUT2D eigenvalue weighted by Gasteiger charge is 2.42. The number of carbonyl (C=O) groups excluding carboxylic acids is 1. The number of hydrogen-bond donors (Lipinski definition) is 0. The first kappa shape index (κ1) is 10.6. The molecule has 1 atom stereocenters. The first-order valence-electron chi connectivity index (χ1n) is 5.07. The molecule has 0 radical (unpaired) electrons. The van der Waals surface area contributed by atoms with E-state index in [0.29, 0.717) is 11.5 Å². The number of rotatable bonds is 2. The standard InChI is InChI=1S/C13H13NO2/c1-9(2)13(3)12(15)16-11(14-13)10-7-5-4-6-8-10/h4-8H,1H2,2-3H3. The van der Waals surface area contributed by atoms with E-state index < -0.39 is 5.54 Å². The van der Waals surface area contributed by atoms with Crippen LogP contribution in [0.1, 0.15) is 19.4 Å². The summed E-state index contributed by atoms with van der Waals surface area (Å²) in [5, 5.41) is 0. The third-order valence-electron chi connectivity index (χ3n) is 2.76. The molecule has 1 aromatic rings. The SMILES string of the molecule is C=C(C)C1(C)N=C(c2ccccc2)OC1=O. The van der Waals surface area contributed by atoms with Crippen molar-refractivity contribution in [2.45, 2.75) is 19.4 Å². The second-order valence-electron chi connectivity index (χ2n) is 4.03. The van der Waals surface area contributed by atoms with Crippen molar-refractivity contribution < 1.29 is 9.53 Å². The summed E-state index contributed by atoms with van der Waals surface area (Å²) in [5.41, 5.74) is 0.551. The highest BCUT2D eigenvalue weighted by Crippen LogP contribution is 2.28. The summed E-state index contributed by atoms with van der Waals surface area (Å²) in [6, 6.07) is 9.37. The van der Waals surface area contributed by atoms with Gasteiger partial charge >= 0.3 is 5.97 Å². The van der Waals surface area contributed by atoms with Crippen molar-refractivity contribution in [1.82, 2.24) is 0 Å². The molecule has 2 rings (SSSR count). The van der Waals surface area contributed by atoms with Crippen LogP contribution in [0.4, 0.5) is 0 Å². The molecule has 1 aliphatic heterocycles. The molecule has 0 saturated heterocycles. The Bertz CT molecular complexity index is 476. The van der Waals surface area contributed by atoms with E-state index in [0.717, 1.165) is 5.56 Å². The lowest BCUT2D eigenvalue weighted by Gasteiger charge is -2.14. The molecule has 0 aliphatic carbocycles. The Morgan fingerprint density at radius 1 is 1.38 bits per heavy atom. The second kappa shape index (κ2) is 3.59. The third-order valence-corrected chi connectivity index (χ3v) is 2.76. The van der Waals surface area contributed by atoms with Gasteiger partial charge in [0, 0.05) is 5.56 Å². The highest BCUT2D eigenvalue weighted by atomic mass is 16.6. The molecule has 0 fully saturated rings. The van der Waals surface area contributed by atoms with Crippen molar-refractivity contribution in [2.75, 3.05) is 0 Å². The maximum Gasteiger partial charge on any atom is 0.344 e. The van der Waals surface area contributed by atoms with Gasteiger partial charge in [-0.05, 0) is 31.6 Å². The van der Waals surface area contributed by atoms with Gasteiger partial charge in [-0.3, -0.25) is 0 Å². The summed E-state index contributed by atoms with van der Waals surface area (Å²) in [4.78, 5) is 16.0. The van der Waals surface area contributed by atoms with Crippen molar-refractivity contribution >= 4 is 11.9 Å². The number of ether oxygens (including phenoxy) is 1. The molecule has 0 amide bonds. The molecule has 16 heavy (non-hydrogen) atoms.